The third-order valence-corrected chi connectivity index (χ3v) is 4.57. The fourth-order valence-electron chi connectivity index (χ4n) is 3.18. The molecule has 0 aliphatic rings. The number of amidine groups is 1. The summed E-state index contributed by atoms with van der Waals surface area (Å²) in [5.74, 6) is 2.16. The van der Waals surface area contributed by atoms with Crippen molar-refractivity contribution >= 4 is 33.9 Å². The van der Waals surface area contributed by atoms with Gasteiger partial charge in [-0.05, 0) is 42.5 Å². The lowest BCUT2D eigenvalue weighted by molar-refractivity contribution is 0.405. The number of nitrogens with two attached hydrogens (primary N) is 1. The number of nitrogens with zero attached hydrogens (tertiary/aromatic N) is 4. The van der Waals surface area contributed by atoms with Crippen LogP contribution in [0.25, 0.3) is 16.6 Å². The molecule has 4 aromatic rings. The molecule has 0 fully saturated rings. The number of fused-ring (bicyclic) bond motifs is 3. The van der Waals surface area contributed by atoms with Crippen molar-refractivity contribution in [1.29, 1.82) is 5.53 Å². The maximum atomic E-state index is 6.87. The van der Waals surface area contributed by atoms with Crippen molar-refractivity contribution < 1.29 is 9.47 Å². The lowest BCUT2D eigenvalue weighted by atomic mass is 10.1. The van der Waals surface area contributed by atoms with Gasteiger partial charge in [-0.3, -0.25) is 0 Å². The predicted molar refractivity (Wildman–Crippen MR) is 111 cm³/mol. The Morgan fingerprint density at radius 1 is 1.10 bits per heavy atom. The molecular weight excluding hydrogens is 370 g/mol. The second-order valence-electron chi connectivity index (χ2n) is 6.20. The van der Waals surface area contributed by atoms with E-state index in [0.717, 1.165) is 16.7 Å². The van der Waals surface area contributed by atoms with Crippen LogP contribution >= 0.6 is 0 Å². The Labute approximate surface area is 166 Å². The number of aromatic nitrogens is 2. The lowest BCUT2D eigenvalue weighted by Crippen LogP contribution is -2.12. The SMILES string of the molecule is COc1ccc(OC)c(Nc2nc3cc(C(N)=NN=N)ccc3n3cccc23)c1. The zero-order valence-corrected chi connectivity index (χ0v) is 15.9. The maximum Gasteiger partial charge on any atom is 0.155 e. The van der Waals surface area contributed by atoms with Crippen LogP contribution in [0.1, 0.15) is 5.56 Å². The fraction of sp³-hybridized carbons (Fsp3) is 0.100. The van der Waals surface area contributed by atoms with Gasteiger partial charge in [0.05, 0.1) is 36.5 Å². The molecule has 2 heterocycles. The zero-order valence-electron chi connectivity index (χ0n) is 15.9. The van der Waals surface area contributed by atoms with Gasteiger partial charge in [0.15, 0.2) is 11.7 Å². The maximum absolute atomic E-state index is 6.87. The van der Waals surface area contributed by atoms with E-state index in [1.807, 2.05) is 59.1 Å². The quantitative estimate of drug-likeness (QED) is 0.200. The number of hydrogen-bond donors (Lipinski definition) is 3. The number of ether oxygens (including phenoxy) is 2. The van der Waals surface area contributed by atoms with Crippen molar-refractivity contribution in [3.8, 4) is 11.5 Å². The fourth-order valence-corrected chi connectivity index (χ4v) is 3.18. The van der Waals surface area contributed by atoms with E-state index < -0.39 is 0 Å². The van der Waals surface area contributed by atoms with Crippen molar-refractivity contribution in [2.75, 3.05) is 19.5 Å². The van der Waals surface area contributed by atoms with Crippen LogP contribution in [-0.4, -0.2) is 29.4 Å². The number of nitrogens with one attached hydrogen (secondary N) is 2. The topological polar surface area (TPSA) is 122 Å². The summed E-state index contributed by atoms with van der Waals surface area (Å²) in [6, 6.07) is 15.0. The molecule has 0 aliphatic heterocycles. The van der Waals surface area contributed by atoms with Gasteiger partial charge in [-0.1, -0.05) is 5.22 Å². The summed E-state index contributed by atoms with van der Waals surface area (Å²) >= 11 is 0. The third kappa shape index (κ3) is 3.29. The number of methoxy groups -OCH3 is 2. The molecule has 0 radical (unpaired) electrons. The van der Waals surface area contributed by atoms with E-state index in [0.29, 0.717) is 28.4 Å². The molecule has 29 heavy (non-hydrogen) atoms. The molecule has 0 aliphatic carbocycles. The Morgan fingerprint density at radius 3 is 2.72 bits per heavy atom. The largest absolute Gasteiger partial charge is 0.497 e. The van der Waals surface area contributed by atoms with Crippen LogP contribution in [0.15, 0.2) is 65.1 Å². The van der Waals surface area contributed by atoms with Crippen molar-refractivity contribution in [2.24, 2.45) is 16.1 Å². The molecular formula is C20H19N7O2. The summed E-state index contributed by atoms with van der Waals surface area (Å²) in [6.45, 7) is 0. The number of anilines is 2. The second kappa shape index (κ2) is 7.47. The molecule has 2 aromatic heterocycles. The van der Waals surface area contributed by atoms with Crippen LogP contribution in [0.2, 0.25) is 0 Å². The first-order valence-electron chi connectivity index (χ1n) is 8.74. The molecule has 9 heteroatoms. The first-order chi connectivity index (χ1) is 14.1. The Hall–Kier alpha value is -4.14. The van der Waals surface area contributed by atoms with E-state index in [9.17, 15) is 0 Å². The highest BCUT2D eigenvalue weighted by molar-refractivity contribution is 6.00. The van der Waals surface area contributed by atoms with E-state index in [1.165, 1.54) is 0 Å². The summed E-state index contributed by atoms with van der Waals surface area (Å²) in [4.78, 5) is 4.79. The molecule has 4 rings (SSSR count). The molecule has 9 nitrogen and oxygen atoms in total. The van der Waals surface area contributed by atoms with Gasteiger partial charge < -0.3 is 24.9 Å². The molecule has 0 amide bonds. The first-order valence-corrected chi connectivity index (χ1v) is 8.74. The Balaban J connectivity index is 1.88. The summed E-state index contributed by atoms with van der Waals surface area (Å²) in [5.41, 5.74) is 16.6. The monoisotopic (exact) mass is 389 g/mol. The van der Waals surface area contributed by atoms with E-state index in [-0.39, 0.29) is 5.84 Å². The van der Waals surface area contributed by atoms with Crippen molar-refractivity contribution in [1.82, 2.24) is 9.38 Å². The van der Waals surface area contributed by atoms with Gasteiger partial charge in [0.1, 0.15) is 11.5 Å². The van der Waals surface area contributed by atoms with Crippen LogP contribution in [0.4, 0.5) is 11.5 Å². The van der Waals surface area contributed by atoms with Crippen LogP contribution < -0.4 is 20.5 Å². The van der Waals surface area contributed by atoms with E-state index in [4.69, 9.17) is 25.7 Å². The highest BCUT2D eigenvalue weighted by Crippen LogP contribution is 2.33. The number of rotatable bonds is 6. The molecule has 0 bridgehead atoms. The average molecular weight is 389 g/mol. The van der Waals surface area contributed by atoms with Crippen molar-refractivity contribution in [3.05, 3.63) is 60.3 Å². The molecule has 0 saturated carbocycles. The van der Waals surface area contributed by atoms with Crippen LogP contribution in [0.5, 0.6) is 11.5 Å². The van der Waals surface area contributed by atoms with Gasteiger partial charge >= 0.3 is 0 Å². The third-order valence-electron chi connectivity index (χ3n) is 4.57. The molecule has 4 N–H and O–H groups in total. The molecule has 0 atom stereocenters. The minimum atomic E-state index is 0.153. The van der Waals surface area contributed by atoms with Crippen LogP contribution in [-0.2, 0) is 0 Å². The summed E-state index contributed by atoms with van der Waals surface area (Å²) in [7, 11) is 3.22. The number of hydrogen-bond acceptors (Lipinski definition) is 6. The smallest absolute Gasteiger partial charge is 0.155 e. The van der Waals surface area contributed by atoms with Gasteiger partial charge in [0, 0.05) is 17.8 Å². The van der Waals surface area contributed by atoms with Crippen molar-refractivity contribution in [2.45, 2.75) is 0 Å². The normalized spacial score (nSPS) is 11.6. The minimum absolute atomic E-state index is 0.153. The molecule has 2 aromatic carbocycles. The summed E-state index contributed by atoms with van der Waals surface area (Å²) in [6.07, 6.45) is 1.96. The lowest BCUT2D eigenvalue weighted by Gasteiger charge is -2.14. The van der Waals surface area contributed by atoms with Gasteiger partial charge in [0.2, 0.25) is 0 Å². The predicted octanol–water partition coefficient (Wildman–Crippen LogP) is 3.90. The van der Waals surface area contributed by atoms with Gasteiger partial charge in [-0.25, -0.2) is 4.98 Å². The van der Waals surface area contributed by atoms with Gasteiger partial charge in [-0.15, -0.1) is 5.10 Å². The van der Waals surface area contributed by atoms with E-state index in [1.54, 1.807) is 14.2 Å². The Kier molecular flexibility index (Phi) is 4.70. The second-order valence-corrected chi connectivity index (χ2v) is 6.20. The van der Waals surface area contributed by atoms with Crippen molar-refractivity contribution in [3.63, 3.8) is 0 Å². The molecule has 0 spiro atoms. The molecule has 146 valence electrons. The Morgan fingerprint density at radius 2 is 1.97 bits per heavy atom. The molecule has 0 saturated heterocycles. The summed E-state index contributed by atoms with van der Waals surface area (Å²) < 4.78 is 12.8. The van der Waals surface area contributed by atoms with Gasteiger partial charge in [-0.2, -0.15) is 5.53 Å². The highest BCUT2D eigenvalue weighted by Gasteiger charge is 2.13. The summed E-state index contributed by atoms with van der Waals surface area (Å²) in [5, 5.41) is 9.93. The highest BCUT2D eigenvalue weighted by atomic mass is 16.5. The Bertz CT molecular complexity index is 1250. The standard InChI is InChI=1S/C20H19N7O2/c1-28-13-6-8-18(29-2)15(11-13)24-20-17-4-3-9-27(17)16-7-5-12(10-14(16)23-20)19(21)25-26-22/h3-11H,1-2H3,(H,23,24)(H3,21,22,25). The number of benzene rings is 2. The van der Waals surface area contributed by atoms with E-state index in [2.05, 4.69) is 15.6 Å². The van der Waals surface area contributed by atoms with Gasteiger partial charge in [0.25, 0.3) is 0 Å². The van der Waals surface area contributed by atoms with Crippen LogP contribution in [0, 0.1) is 5.53 Å². The van der Waals surface area contributed by atoms with E-state index >= 15 is 0 Å². The minimum Gasteiger partial charge on any atom is -0.497 e. The van der Waals surface area contributed by atoms with Crippen LogP contribution in [0.3, 0.4) is 0 Å². The zero-order chi connectivity index (χ0) is 20.4. The average Bonchev–Trinajstić information content (AvgIpc) is 3.24. The first kappa shape index (κ1) is 18.2. The molecule has 0 unspecified atom stereocenters.